The topological polar surface area (TPSA) is 49.6 Å². The molecule has 5 heteroatoms. The molecule has 0 saturated heterocycles. The fraction of sp³-hybridized carbons (Fsp3) is 0.267. The Morgan fingerprint density at radius 2 is 2.05 bits per heavy atom. The summed E-state index contributed by atoms with van der Waals surface area (Å²) >= 11 is 0. The molecule has 1 aromatic carbocycles. The van der Waals surface area contributed by atoms with Crippen molar-refractivity contribution in [3.8, 4) is 0 Å². The number of guanidine groups is 1. The maximum absolute atomic E-state index is 13.4. The summed E-state index contributed by atoms with van der Waals surface area (Å²) in [6.45, 7) is 2.81. The van der Waals surface area contributed by atoms with Crippen molar-refractivity contribution in [3.63, 3.8) is 0 Å². The normalized spacial score (nSPS) is 11.4. The first-order valence-electron chi connectivity index (χ1n) is 6.41. The monoisotopic (exact) mass is 275 g/mol. The molecule has 0 aliphatic rings. The van der Waals surface area contributed by atoms with Gasteiger partial charge in [-0.05, 0) is 36.2 Å². The summed E-state index contributed by atoms with van der Waals surface area (Å²) < 4.78 is 18.7. The Kier molecular flexibility index (Phi) is 4.76. The van der Waals surface area contributed by atoms with Gasteiger partial charge in [0.25, 0.3) is 0 Å². The molecular weight excluding hydrogens is 257 g/mol. The van der Waals surface area contributed by atoms with E-state index in [2.05, 4.69) is 15.6 Å². The number of aryl methyl sites for hydroxylation is 1. The van der Waals surface area contributed by atoms with Crippen LogP contribution in [0.4, 0.5) is 4.39 Å². The Labute approximate surface area is 117 Å². The molecule has 0 spiro atoms. The van der Waals surface area contributed by atoms with Crippen molar-refractivity contribution in [1.29, 1.82) is 0 Å². The summed E-state index contributed by atoms with van der Waals surface area (Å²) in [5.41, 5.74) is 1.52. The number of nitrogens with zero attached hydrogens (tertiary/aromatic N) is 1. The Morgan fingerprint density at radius 1 is 1.25 bits per heavy atom. The predicted octanol–water partition coefficient (Wildman–Crippen LogP) is 2.59. The molecule has 0 bridgehead atoms. The van der Waals surface area contributed by atoms with Crippen LogP contribution in [0.3, 0.4) is 0 Å². The molecule has 2 N–H and O–H groups in total. The molecule has 2 rings (SSSR count). The molecule has 20 heavy (non-hydrogen) atoms. The average molecular weight is 275 g/mol. The molecule has 0 amide bonds. The average Bonchev–Trinajstić information content (AvgIpc) is 2.96. The zero-order valence-electron chi connectivity index (χ0n) is 11.6. The zero-order valence-corrected chi connectivity index (χ0v) is 11.6. The van der Waals surface area contributed by atoms with E-state index in [1.165, 1.54) is 6.07 Å². The van der Waals surface area contributed by atoms with Crippen molar-refractivity contribution in [3.05, 3.63) is 59.3 Å². The molecule has 106 valence electrons. The standard InChI is InChI=1S/C15H18FN3O/c1-11-5-6-12(8-14(11)16)9-18-15(17-2)19-10-13-4-3-7-20-13/h3-8H,9-10H2,1-2H3,(H2,17,18,19). The fourth-order valence-corrected chi connectivity index (χ4v) is 1.74. The molecule has 4 nitrogen and oxygen atoms in total. The lowest BCUT2D eigenvalue weighted by molar-refractivity contribution is 0.501. The summed E-state index contributed by atoms with van der Waals surface area (Å²) in [5.74, 6) is 1.28. The van der Waals surface area contributed by atoms with Gasteiger partial charge in [0.2, 0.25) is 0 Å². The maximum atomic E-state index is 13.4. The highest BCUT2D eigenvalue weighted by Gasteiger charge is 2.02. The van der Waals surface area contributed by atoms with Gasteiger partial charge in [-0.15, -0.1) is 0 Å². The number of halogens is 1. The third kappa shape index (κ3) is 3.85. The fourth-order valence-electron chi connectivity index (χ4n) is 1.74. The van der Waals surface area contributed by atoms with Crippen molar-refractivity contribution in [2.24, 2.45) is 4.99 Å². The van der Waals surface area contributed by atoms with Crippen molar-refractivity contribution < 1.29 is 8.81 Å². The lowest BCUT2D eigenvalue weighted by Gasteiger charge is -2.11. The molecule has 1 aromatic heterocycles. The second-order valence-corrected chi connectivity index (χ2v) is 4.44. The van der Waals surface area contributed by atoms with E-state index in [1.807, 2.05) is 18.2 Å². The van der Waals surface area contributed by atoms with Crippen LogP contribution in [0, 0.1) is 12.7 Å². The summed E-state index contributed by atoms with van der Waals surface area (Å²) in [6.07, 6.45) is 1.63. The van der Waals surface area contributed by atoms with Crippen LogP contribution in [0.1, 0.15) is 16.9 Å². The van der Waals surface area contributed by atoms with E-state index in [0.29, 0.717) is 24.6 Å². The minimum atomic E-state index is -0.192. The van der Waals surface area contributed by atoms with Crippen molar-refractivity contribution in [2.45, 2.75) is 20.0 Å². The first-order chi connectivity index (χ1) is 9.69. The van der Waals surface area contributed by atoms with E-state index < -0.39 is 0 Å². The highest BCUT2D eigenvalue weighted by molar-refractivity contribution is 5.79. The molecule has 0 atom stereocenters. The minimum Gasteiger partial charge on any atom is -0.467 e. The Morgan fingerprint density at radius 3 is 2.70 bits per heavy atom. The highest BCUT2D eigenvalue weighted by atomic mass is 19.1. The van der Waals surface area contributed by atoms with Crippen LogP contribution in [0.2, 0.25) is 0 Å². The Hall–Kier alpha value is -2.30. The number of furan rings is 1. The molecule has 0 aliphatic heterocycles. The van der Waals surface area contributed by atoms with E-state index in [9.17, 15) is 4.39 Å². The van der Waals surface area contributed by atoms with Crippen LogP contribution < -0.4 is 10.6 Å². The summed E-state index contributed by atoms with van der Waals surface area (Å²) in [6, 6.07) is 8.91. The van der Waals surface area contributed by atoms with Gasteiger partial charge in [-0.1, -0.05) is 12.1 Å². The SMILES string of the molecule is CN=C(NCc1ccc(C)c(F)c1)NCc1ccco1. The largest absolute Gasteiger partial charge is 0.467 e. The van der Waals surface area contributed by atoms with Gasteiger partial charge in [0, 0.05) is 13.6 Å². The van der Waals surface area contributed by atoms with Gasteiger partial charge >= 0.3 is 0 Å². The highest BCUT2D eigenvalue weighted by Crippen LogP contribution is 2.08. The minimum absolute atomic E-state index is 0.192. The van der Waals surface area contributed by atoms with E-state index in [4.69, 9.17) is 4.42 Å². The molecule has 1 heterocycles. The van der Waals surface area contributed by atoms with Gasteiger partial charge in [-0.2, -0.15) is 0 Å². The molecule has 0 unspecified atom stereocenters. The summed E-state index contributed by atoms with van der Waals surface area (Å²) in [4.78, 5) is 4.10. The molecular formula is C15H18FN3O. The van der Waals surface area contributed by atoms with Gasteiger partial charge in [0.05, 0.1) is 12.8 Å². The van der Waals surface area contributed by atoms with Crippen LogP contribution in [0.15, 0.2) is 46.0 Å². The van der Waals surface area contributed by atoms with Crippen LogP contribution >= 0.6 is 0 Å². The van der Waals surface area contributed by atoms with Gasteiger partial charge in [-0.3, -0.25) is 4.99 Å². The number of aliphatic imine (C=N–C) groups is 1. The predicted molar refractivity (Wildman–Crippen MR) is 76.9 cm³/mol. The number of benzene rings is 1. The van der Waals surface area contributed by atoms with E-state index in [0.717, 1.165) is 11.3 Å². The second-order valence-electron chi connectivity index (χ2n) is 4.44. The van der Waals surface area contributed by atoms with Crippen molar-refractivity contribution in [1.82, 2.24) is 10.6 Å². The number of rotatable bonds is 4. The summed E-state index contributed by atoms with van der Waals surface area (Å²) in [7, 11) is 1.69. The molecule has 2 aromatic rings. The van der Waals surface area contributed by atoms with E-state index >= 15 is 0 Å². The van der Waals surface area contributed by atoms with Gasteiger partial charge < -0.3 is 15.1 Å². The van der Waals surface area contributed by atoms with Gasteiger partial charge in [-0.25, -0.2) is 4.39 Å². The third-order valence-corrected chi connectivity index (χ3v) is 2.93. The van der Waals surface area contributed by atoms with Crippen molar-refractivity contribution >= 4 is 5.96 Å². The number of nitrogens with one attached hydrogen (secondary N) is 2. The van der Waals surface area contributed by atoms with Crippen LogP contribution in [0.5, 0.6) is 0 Å². The number of hydrogen-bond donors (Lipinski definition) is 2. The summed E-state index contributed by atoms with van der Waals surface area (Å²) in [5, 5.41) is 6.24. The maximum Gasteiger partial charge on any atom is 0.191 e. The number of hydrogen-bond acceptors (Lipinski definition) is 2. The quantitative estimate of drug-likeness (QED) is 0.666. The Bertz CT molecular complexity index is 579. The van der Waals surface area contributed by atoms with Crippen molar-refractivity contribution in [2.75, 3.05) is 7.05 Å². The van der Waals surface area contributed by atoms with E-state index in [1.54, 1.807) is 26.3 Å². The molecule has 0 fully saturated rings. The second kappa shape index (κ2) is 6.75. The zero-order chi connectivity index (χ0) is 14.4. The van der Waals surface area contributed by atoms with Crippen LogP contribution in [-0.2, 0) is 13.1 Å². The smallest absolute Gasteiger partial charge is 0.191 e. The van der Waals surface area contributed by atoms with Crippen LogP contribution in [0.25, 0.3) is 0 Å². The molecule has 0 saturated carbocycles. The molecule has 0 radical (unpaired) electrons. The van der Waals surface area contributed by atoms with Gasteiger partial charge in [0.15, 0.2) is 5.96 Å². The van der Waals surface area contributed by atoms with Gasteiger partial charge in [0.1, 0.15) is 11.6 Å². The van der Waals surface area contributed by atoms with Crippen LogP contribution in [-0.4, -0.2) is 13.0 Å². The molecule has 0 aliphatic carbocycles. The lowest BCUT2D eigenvalue weighted by atomic mass is 10.1. The first-order valence-corrected chi connectivity index (χ1v) is 6.41. The third-order valence-electron chi connectivity index (χ3n) is 2.93. The lowest BCUT2D eigenvalue weighted by Crippen LogP contribution is -2.36. The first kappa shape index (κ1) is 14.1. The van der Waals surface area contributed by atoms with E-state index in [-0.39, 0.29) is 5.82 Å². The Balaban J connectivity index is 1.85.